The fourth-order valence-electron chi connectivity index (χ4n) is 5.19. The predicted octanol–water partition coefficient (Wildman–Crippen LogP) is 3.62. The summed E-state index contributed by atoms with van der Waals surface area (Å²) in [6, 6.07) is 12.6. The van der Waals surface area contributed by atoms with Gasteiger partial charge in [-0.1, -0.05) is 30.3 Å². The number of piperidine rings is 1. The van der Waals surface area contributed by atoms with E-state index in [1.807, 2.05) is 52.5 Å². The molecule has 2 saturated heterocycles. The first kappa shape index (κ1) is 26.0. The highest BCUT2D eigenvalue weighted by Crippen LogP contribution is 2.41. The number of benzene rings is 1. The average molecular weight is 511 g/mol. The Morgan fingerprint density at radius 3 is 2.42 bits per heavy atom. The lowest BCUT2D eigenvalue weighted by atomic mass is 9.77. The maximum absolute atomic E-state index is 13.5. The number of ether oxygens (including phenoxy) is 1. The van der Waals surface area contributed by atoms with Crippen molar-refractivity contribution in [2.75, 3.05) is 39.0 Å². The van der Waals surface area contributed by atoms with Gasteiger partial charge in [-0.2, -0.15) is 0 Å². The predicted molar refractivity (Wildman–Crippen MR) is 139 cm³/mol. The molecule has 8 nitrogen and oxygen atoms in total. The SMILES string of the molecule is CCOC(=O)NC(Cc1ccccc1)C(=O)N1CCC2(CCN(C(=O)c3cccnc3SC)CC2)C1. The maximum atomic E-state index is 13.5. The summed E-state index contributed by atoms with van der Waals surface area (Å²) in [4.78, 5) is 46.9. The van der Waals surface area contributed by atoms with E-state index in [9.17, 15) is 14.4 Å². The van der Waals surface area contributed by atoms with Crippen molar-refractivity contribution in [2.45, 2.75) is 43.7 Å². The van der Waals surface area contributed by atoms with Gasteiger partial charge >= 0.3 is 6.09 Å². The highest BCUT2D eigenvalue weighted by molar-refractivity contribution is 7.98. The van der Waals surface area contributed by atoms with Crippen LogP contribution in [0.4, 0.5) is 4.79 Å². The Morgan fingerprint density at radius 2 is 1.75 bits per heavy atom. The van der Waals surface area contributed by atoms with Crippen molar-refractivity contribution in [3.05, 3.63) is 59.8 Å². The number of nitrogens with zero attached hydrogens (tertiary/aromatic N) is 3. The molecule has 9 heteroatoms. The maximum Gasteiger partial charge on any atom is 0.407 e. The summed E-state index contributed by atoms with van der Waals surface area (Å²) < 4.78 is 5.06. The van der Waals surface area contributed by atoms with Gasteiger partial charge < -0.3 is 19.9 Å². The fourth-order valence-corrected chi connectivity index (χ4v) is 5.73. The number of aromatic nitrogens is 1. The van der Waals surface area contributed by atoms with Gasteiger partial charge in [0.05, 0.1) is 12.2 Å². The van der Waals surface area contributed by atoms with Crippen molar-refractivity contribution in [3.8, 4) is 0 Å². The Labute approximate surface area is 216 Å². The number of carbonyl (C=O) groups is 3. The summed E-state index contributed by atoms with van der Waals surface area (Å²) in [5, 5.41) is 3.52. The van der Waals surface area contributed by atoms with Crippen LogP contribution >= 0.6 is 11.8 Å². The minimum atomic E-state index is -0.682. The molecule has 4 rings (SSSR count). The third kappa shape index (κ3) is 6.00. The summed E-state index contributed by atoms with van der Waals surface area (Å²) in [6.07, 6.45) is 6.08. The van der Waals surface area contributed by atoms with E-state index in [0.29, 0.717) is 38.2 Å². The number of nitrogens with one attached hydrogen (secondary N) is 1. The number of likely N-dealkylation sites (tertiary alicyclic amines) is 2. The number of hydrogen-bond acceptors (Lipinski definition) is 6. The molecule has 1 unspecified atom stereocenters. The quantitative estimate of drug-likeness (QED) is 0.572. The number of amides is 3. The van der Waals surface area contributed by atoms with Crippen LogP contribution < -0.4 is 5.32 Å². The largest absolute Gasteiger partial charge is 0.450 e. The van der Waals surface area contributed by atoms with Crippen LogP contribution in [0, 0.1) is 5.41 Å². The number of alkyl carbamates (subject to hydrolysis) is 1. The number of hydrogen-bond donors (Lipinski definition) is 1. The number of carbonyl (C=O) groups excluding carboxylic acids is 3. The Balaban J connectivity index is 1.39. The Bertz CT molecular complexity index is 1070. The third-order valence-electron chi connectivity index (χ3n) is 7.20. The van der Waals surface area contributed by atoms with Crippen LogP contribution in [0.3, 0.4) is 0 Å². The standard InChI is InChI=1S/C27H34N4O4S/c1-3-35-26(34)29-22(18-20-8-5-4-6-9-20)25(33)31-17-13-27(19-31)11-15-30(16-12-27)24(32)21-10-7-14-28-23(21)36-2/h4-10,14,22H,3,11-13,15-19H2,1-2H3,(H,29,34). The van der Waals surface area contributed by atoms with Crippen molar-refractivity contribution < 1.29 is 19.1 Å². The molecule has 1 aromatic carbocycles. The first-order valence-corrected chi connectivity index (χ1v) is 13.7. The molecule has 3 amide bonds. The molecule has 2 aliphatic heterocycles. The van der Waals surface area contributed by atoms with Crippen LogP contribution in [-0.2, 0) is 16.0 Å². The summed E-state index contributed by atoms with van der Waals surface area (Å²) in [6.45, 7) is 4.62. The summed E-state index contributed by atoms with van der Waals surface area (Å²) >= 11 is 1.48. The molecule has 2 aromatic rings. The van der Waals surface area contributed by atoms with E-state index < -0.39 is 12.1 Å². The normalized spacial score (nSPS) is 17.6. The van der Waals surface area contributed by atoms with Gasteiger partial charge in [-0.15, -0.1) is 11.8 Å². The second-order valence-electron chi connectivity index (χ2n) is 9.47. The number of rotatable bonds is 7. The highest BCUT2D eigenvalue weighted by Gasteiger charge is 2.44. The number of pyridine rings is 1. The third-order valence-corrected chi connectivity index (χ3v) is 7.92. The Hall–Kier alpha value is -3.07. The summed E-state index contributed by atoms with van der Waals surface area (Å²) in [5.41, 5.74) is 1.64. The molecule has 36 heavy (non-hydrogen) atoms. The van der Waals surface area contributed by atoms with Crippen LogP contribution in [0.5, 0.6) is 0 Å². The van der Waals surface area contributed by atoms with Crippen LogP contribution in [0.15, 0.2) is 53.7 Å². The van der Waals surface area contributed by atoms with Crippen LogP contribution in [0.2, 0.25) is 0 Å². The molecule has 1 aromatic heterocycles. The van der Waals surface area contributed by atoms with E-state index in [2.05, 4.69) is 10.3 Å². The Kier molecular flexibility index (Phi) is 8.51. The van der Waals surface area contributed by atoms with Crippen molar-refractivity contribution in [1.82, 2.24) is 20.1 Å². The van der Waals surface area contributed by atoms with Gasteiger partial charge in [-0.05, 0) is 55.6 Å². The molecule has 192 valence electrons. The van der Waals surface area contributed by atoms with Gasteiger partial charge in [-0.25, -0.2) is 9.78 Å². The molecule has 2 aliphatic rings. The molecule has 0 bridgehead atoms. The van der Waals surface area contributed by atoms with E-state index in [4.69, 9.17) is 4.74 Å². The van der Waals surface area contributed by atoms with Crippen LogP contribution in [-0.4, -0.2) is 77.8 Å². The molecule has 0 aliphatic carbocycles. The van der Waals surface area contributed by atoms with Gasteiger partial charge in [0, 0.05) is 38.8 Å². The van der Waals surface area contributed by atoms with Crippen LogP contribution in [0.25, 0.3) is 0 Å². The Morgan fingerprint density at radius 1 is 1.06 bits per heavy atom. The van der Waals surface area contributed by atoms with Crippen molar-refractivity contribution in [2.24, 2.45) is 5.41 Å². The average Bonchev–Trinajstić information content (AvgIpc) is 3.32. The van der Waals surface area contributed by atoms with Gasteiger partial charge in [0.2, 0.25) is 5.91 Å². The zero-order valence-electron chi connectivity index (χ0n) is 20.9. The van der Waals surface area contributed by atoms with Gasteiger partial charge in [0.15, 0.2) is 0 Å². The lowest BCUT2D eigenvalue weighted by molar-refractivity contribution is -0.132. The second kappa shape index (κ2) is 11.8. The zero-order chi connectivity index (χ0) is 25.5. The topological polar surface area (TPSA) is 91.8 Å². The van der Waals surface area contributed by atoms with Gasteiger partial charge in [0.1, 0.15) is 11.1 Å². The first-order chi connectivity index (χ1) is 17.4. The summed E-state index contributed by atoms with van der Waals surface area (Å²) in [5.74, 6) is -0.0583. The molecular weight excluding hydrogens is 476 g/mol. The first-order valence-electron chi connectivity index (χ1n) is 12.5. The van der Waals surface area contributed by atoms with Crippen LogP contribution in [0.1, 0.15) is 42.1 Å². The summed E-state index contributed by atoms with van der Waals surface area (Å²) in [7, 11) is 0. The fraction of sp³-hybridized carbons (Fsp3) is 0.481. The van der Waals surface area contributed by atoms with E-state index in [1.165, 1.54) is 11.8 Å². The van der Waals surface area contributed by atoms with E-state index in [1.54, 1.807) is 19.2 Å². The molecule has 0 saturated carbocycles. The lowest BCUT2D eigenvalue weighted by Crippen LogP contribution is -2.50. The molecule has 3 heterocycles. The minimum Gasteiger partial charge on any atom is -0.450 e. The molecule has 2 fully saturated rings. The lowest BCUT2D eigenvalue weighted by Gasteiger charge is -2.39. The minimum absolute atomic E-state index is 0.00490. The van der Waals surface area contributed by atoms with Crippen molar-refractivity contribution in [3.63, 3.8) is 0 Å². The van der Waals surface area contributed by atoms with E-state index in [0.717, 1.165) is 29.9 Å². The van der Waals surface area contributed by atoms with Crippen molar-refractivity contribution in [1.29, 1.82) is 0 Å². The van der Waals surface area contributed by atoms with Gasteiger partial charge in [0.25, 0.3) is 5.91 Å². The van der Waals surface area contributed by atoms with Gasteiger partial charge in [-0.3, -0.25) is 9.59 Å². The zero-order valence-corrected chi connectivity index (χ0v) is 21.8. The van der Waals surface area contributed by atoms with E-state index >= 15 is 0 Å². The molecule has 1 spiro atoms. The molecule has 0 radical (unpaired) electrons. The molecular formula is C27H34N4O4S. The smallest absolute Gasteiger partial charge is 0.407 e. The van der Waals surface area contributed by atoms with Crippen molar-refractivity contribution >= 4 is 29.7 Å². The van der Waals surface area contributed by atoms with E-state index in [-0.39, 0.29) is 23.8 Å². The monoisotopic (exact) mass is 510 g/mol. The number of thioether (sulfide) groups is 1. The molecule has 1 atom stereocenters. The molecule has 1 N–H and O–H groups in total. The highest BCUT2D eigenvalue weighted by atomic mass is 32.2. The second-order valence-corrected chi connectivity index (χ2v) is 10.3.